The van der Waals surface area contributed by atoms with Gasteiger partial charge in [0.2, 0.25) is 5.91 Å². The molecule has 7 nitrogen and oxygen atoms in total. The van der Waals surface area contributed by atoms with Crippen molar-refractivity contribution in [1.82, 2.24) is 29.3 Å². The number of hydrogen-bond acceptors (Lipinski definition) is 5. The van der Waals surface area contributed by atoms with Gasteiger partial charge in [-0.1, -0.05) is 12.1 Å². The number of amides is 1. The second-order valence-corrected chi connectivity index (χ2v) is 8.86. The molecule has 3 heterocycles. The first-order valence-electron chi connectivity index (χ1n) is 12.3. The van der Waals surface area contributed by atoms with Gasteiger partial charge in [0.1, 0.15) is 11.6 Å². The van der Waals surface area contributed by atoms with Crippen LogP contribution in [0.15, 0.2) is 24.3 Å². The summed E-state index contributed by atoms with van der Waals surface area (Å²) in [6.45, 7) is 14.4. The molecule has 0 N–H and O–H groups in total. The molecular formula is C26H36N6O. The van der Waals surface area contributed by atoms with E-state index >= 15 is 0 Å². The van der Waals surface area contributed by atoms with Crippen LogP contribution in [0.4, 0.5) is 0 Å². The molecule has 0 radical (unpaired) electrons. The number of aromatic nitrogens is 4. The molecule has 3 aromatic rings. The molecule has 4 rings (SSSR count). The molecule has 33 heavy (non-hydrogen) atoms. The van der Waals surface area contributed by atoms with E-state index in [4.69, 9.17) is 15.0 Å². The lowest BCUT2D eigenvalue weighted by Crippen LogP contribution is -2.32. The SMILES string of the molecule is CCN(CC)C(=O)Cc1c(C)nc(C2CCCN2Cc2nc3ccccc3n2CC)nc1C. The van der Waals surface area contributed by atoms with Crippen LogP contribution in [0.25, 0.3) is 11.0 Å². The quantitative estimate of drug-likeness (QED) is 0.516. The number of imidazole rings is 1. The fraction of sp³-hybridized carbons (Fsp3) is 0.538. The van der Waals surface area contributed by atoms with E-state index in [0.717, 1.165) is 79.7 Å². The van der Waals surface area contributed by atoms with Crippen LogP contribution in [0.3, 0.4) is 0 Å². The van der Waals surface area contributed by atoms with Gasteiger partial charge >= 0.3 is 0 Å². The lowest BCUT2D eigenvalue weighted by atomic mass is 10.1. The zero-order chi connectivity index (χ0) is 23.5. The fourth-order valence-corrected chi connectivity index (χ4v) is 5.10. The van der Waals surface area contributed by atoms with Gasteiger partial charge in [-0.15, -0.1) is 0 Å². The summed E-state index contributed by atoms with van der Waals surface area (Å²) in [6, 6.07) is 8.53. The first-order valence-corrected chi connectivity index (χ1v) is 12.3. The summed E-state index contributed by atoms with van der Waals surface area (Å²) in [4.78, 5) is 31.7. The highest BCUT2D eigenvalue weighted by Gasteiger charge is 2.30. The van der Waals surface area contributed by atoms with E-state index in [1.165, 1.54) is 5.52 Å². The van der Waals surface area contributed by atoms with E-state index in [1.54, 1.807) is 0 Å². The molecule has 0 bridgehead atoms. The van der Waals surface area contributed by atoms with Crippen LogP contribution in [-0.4, -0.2) is 54.9 Å². The van der Waals surface area contributed by atoms with E-state index in [9.17, 15) is 4.79 Å². The maximum Gasteiger partial charge on any atom is 0.227 e. The molecule has 1 saturated heterocycles. The van der Waals surface area contributed by atoms with Gasteiger partial charge in [0.05, 0.1) is 30.0 Å². The van der Waals surface area contributed by atoms with Crippen molar-refractivity contribution in [2.45, 2.75) is 73.0 Å². The number of carbonyl (C=O) groups excluding carboxylic acids is 1. The number of fused-ring (bicyclic) bond motifs is 1. The summed E-state index contributed by atoms with van der Waals surface area (Å²) in [5.41, 5.74) is 5.05. The van der Waals surface area contributed by atoms with Crippen molar-refractivity contribution in [3.63, 3.8) is 0 Å². The predicted octanol–water partition coefficient (Wildman–Crippen LogP) is 4.21. The van der Waals surface area contributed by atoms with E-state index in [-0.39, 0.29) is 11.9 Å². The third-order valence-electron chi connectivity index (χ3n) is 6.94. The standard InChI is InChI=1S/C26H36N6O/c1-6-30(7-2)25(33)16-20-18(4)27-26(28-19(20)5)23-14-11-15-31(23)17-24-29-21-12-9-10-13-22(21)32(24)8-3/h9-10,12-13,23H,6-8,11,14-17H2,1-5H3. The molecule has 0 spiro atoms. The summed E-state index contributed by atoms with van der Waals surface area (Å²) < 4.78 is 2.31. The Bertz CT molecular complexity index is 1110. The first-order chi connectivity index (χ1) is 16.0. The third kappa shape index (κ3) is 4.64. The van der Waals surface area contributed by atoms with Crippen molar-refractivity contribution in [1.29, 1.82) is 0 Å². The van der Waals surface area contributed by atoms with Crippen LogP contribution in [0.2, 0.25) is 0 Å². The molecule has 1 aliphatic heterocycles. The number of carbonyl (C=O) groups is 1. The van der Waals surface area contributed by atoms with Gasteiger partial charge in [-0.2, -0.15) is 0 Å². The van der Waals surface area contributed by atoms with Gasteiger partial charge in [-0.05, 0) is 66.1 Å². The minimum absolute atomic E-state index is 0.142. The maximum absolute atomic E-state index is 12.7. The van der Waals surface area contributed by atoms with Gasteiger partial charge in [0.15, 0.2) is 0 Å². The first kappa shape index (κ1) is 23.4. The third-order valence-corrected chi connectivity index (χ3v) is 6.94. The molecule has 0 saturated carbocycles. The monoisotopic (exact) mass is 448 g/mol. The summed E-state index contributed by atoms with van der Waals surface area (Å²) in [5.74, 6) is 2.12. The number of likely N-dealkylation sites (N-methyl/N-ethyl adjacent to an activating group) is 1. The van der Waals surface area contributed by atoms with Crippen LogP contribution < -0.4 is 0 Å². The molecule has 1 aromatic carbocycles. The molecule has 7 heteroatoms. The van der Waals surface area contributed by atoms with E-state index in [2.05, 4.69) is 34.6 Å². The van der Waals surface area contributed by atoms with E-state index < -0.39 is 0 Å². The van der Waals surface area contributed by atoms with E-state index in [1.807, 2.05) is 38.7 Å². The van der Waals surface area contributed by atoms with Crippen molar-refractivity contribution < 1.29 is 4.79 Å². The zero-order valence-corrected chi connectivity index (χ0v) is 20.6. The molecular weight excluding hydrogens is 412 g/mol. The largest absolute Gasteiger partial charge is 0.343 e. The Labute approximate surface area is 196 Å². The number of nitrogens with zero attached hydrogens (tertiary/aromatic N) is 6. The summed E-state index contributed by atoms with van der Waals surface area (Å²) in [5, 5.41) is 0. The lowest BCUT2D eigenvalue weighted by molar-refractivity contribution is -0.130. The average Bonchev–Trinajstić information content (AvgIpc) is 3.41. The molecule has 0 aliphatic carbocycles. The number of hydrogen-bond donors (Lipinski definition) is 0. The predicted molar refractivity (Wildman–Crippen MR) is 131 cm³/mol. The van der Waals surface area contributed by atoms with Crippen LogP contribution >= 0.6 is 0 Å². The van der Waals surface area contributed by atoms with Crippen LogP contribution in [0.5, 0.6) is 0 Å². The minimum Gasteiger partial charge on any atom is -0.343 e. The summed E-state index contributed by atoms with van der Waals surface area (Å²) in [6.07, 6.45) is 2.54. The average molecular weight is 449 g/mol. The highest BCUT2D eigenvalue weighted by molar-refractivity contribution is 5.79. The van der Waals surface area contributed by atoms with Crippen LogP contribution in [0, 0.1) is 13.8 Å². The number of para-hydroxylation sites is 2. The van der Waals surface area contributed by atoms with Crippen molar-refractivity contribution in [2.24, 2.45) is 0 Å². The summed E-state index contributed by atoms with van der Waals surface area (Å²) >= 11 is 0. The number of benzene rings is 1. The van der Waals surface area contributed by atoms with Crippen molar-refractivity contribution in [3.8, 4) is 0 Å². The molecule has 1 atom stereocenters. The molecule has 1 fully saturated rings. The van der Waals surface area contributed by atoms with Crippen molar-refractivity contribution in [2.75, 3.05) is 19.6 Å². The molecule has 176 valence electrons. The Balaban J connectivity index is 1.57. The Kier molecular flexibility index (Phi) is 7.08. The molecule has 1 amide bonds. The fourth-order valence-electron chi connectivity index (χ4n) is 5.10. The second kappa shape index (κ2) is 10.00. The topological polar surface area (TPSA) is 67.2 Å². The minimum atomic E-state index is 0.142. The molecule has 2 aromatic heterocycles. The van der Waals surface area contributed by atoms with Gasteiger partial charge < -0.3 is 9.47 Å². The number of rotatable bonds is 8. The second-order valence-electron chi connectivity index (χ2n) is 8.86. The Hall–Kier alpha value is -2.80. The summed E-state index contributed by atoms with van der Waals surface area (Å²) in [7, 11) is 0. The normalized spacial score (nSPS) is 16.6. The van der Waals surface area contributed by atoms with Gasteiger partial charge in [-0.25, -0.2) is 15.0 Å². The van der Waals surface area contributed by atoms with Crippen LogP contribution in [0.1, 0.15) is 68.3 Å². The zero-order valence-electron chi connectivity index (χ0n) is 20.6. The van der Waals surface area contributed by atoms with Crippen molar-refractivity contribution >= 4 is 16.9 Å². The highest BCUT2D eigenvalue weighted by Crippen LogP contribution is 2.32. The number of aryl methyl sites for hydroxylation is 3. The number of likely N-dealkylation sites (tertiary alicyclic amines) is 1. The van der Waals surface area contributed by atoms with E-state index in [0.29, 0.717) is 6.42 Å². The molecule has 1 unspecified atom stereocenters. The Morgan fingerprint density at radius 3 is 2.42 bits per heavy atom. The maximum atomic E-state index is 12.7. The Morgan fingerprint density at radius 2 is 1.76 bits per heavy atom. The smallest absolute Gasteiger partial charge is 0.227 e. The Morgan fingerprint density at radius 1 is 1.06 bits per heavy atom. The molecule has 1 aliphatic rings. The van der Waals surface area contributed by atoms with Gasteiger partial charge in [0.25, 0.3) is 0 Å². The van der Waals surface area contributed by atoms with Gasteiger partial charge in [-0.3, -0.25) is 9.69 Å². The van der Waals surface area contributed by atoms with Crippen molar-refractivity contribution in [3.05, 3.63) is 52.9 Å². The lowest BCUT2D eigenvalue weighted by Gasteiger charge is -2.25. The van der Waals surface area contributed by atoms with Crippen LogP contribution in [-0.2, 0) is 24.3 Å². The highest BCUT2D eigenvalue weighted by atomic mass is 16.2. The van der Waals surface area contributed by atoms with Gasteiger partial charge in [0, 0.05) is 36.6 Å².